The highest BCUT2D eigenvalue weighted by molar-refractivity contribution is 5.90. The average molecular weight is 244 g/mol. The van der Waals surface area contributed by atoms with Gasteiger partial charge in [0.25, 0.3) is 0 Å². The first-order chi connectivity index (χ1) is 8.80. The van der Waals surface area contributed by atoms with Crippen molar-refractivity contribution < 1.29 is 9.47 Å². The van der Waals surface area contributed by atoms with Gasteiger partial charge < -0.3 is 9.47 Å². The molecule has 2 nitrogen and oxygen atoms in total. The van der Waals surface area contributed by atoms with Gasteiger partial charge in [-0.15, -0.1) is 0 Å². The van der Waals surface area contributed by atoms with Gasteiger partial charge in [-0.25, -0.2) is 0 Å². The van der Waals surface area contributed by atoms with Crippen LogP contribution in [0, 0.1) is 0 Å². The third-order valence-electron chi connectivity index (χ3n) is 3.00. The molecule has 2 aromatic carbocycles. The van der Waals surface area contributed by atoms with E-state index in [1.807, 2.05) is 19.9 Å². The molecule has 0 aliphatic carbocycles. The van der Waals surface area contributed by atoms with Crippen LogP contribution in [0.5, 0.6) is 11.5 Å². The summed E-state index contributed by atoms with van der Waals surface area (Å²) in [7, 11) is 0. The standard InChI is InChI=1S/C16H20O2/c1-4-12-7-8-13-11-14(17-5-2)9-10-15(13)16(12)18-6-3/h7-11H,4-6H2,1-3H3. The van der Waals surface area contributed by atoms with Crippen LogP contribution in [0.1, 0.15) is 26.3 Å². The van der Waals surface area contributed by atoms with E-state index in [0.29, 0.717) is 13.2 Å². The summed E-state index contributed by atoms with van der Waals surface area (Å²) < 4.78 is 11.3. The molecule has 2 aromatic rings. The lowest BCUT2D eigenvalue weighted by molar-refractivity contribution is 0.339. The van der Waals surface area contributed by atoms with Crippen molar-refractivity contribution >= 4 is 10.8 Å². The second-order valence-electron chi connectivity index (χ2n) is 4.16. The van der Waals surface area contributed by atoms with Gasteiger partial charge in [-0.2, -0.15) is 0 Å². The lowest BCUT2D eigenvalue weighted by atomic mass is 10.0. The van der Waals surface area contributed by atoms with Gasteiger partial charge in [0.2, 0.25) is 0 Å². The van der Waals surface area contributed by atoms with Crippen LogP contribution in [0.25, 0.3) is 10.8 Å². The number of hydrogen-bond acceptors (Lipinski definition) is 2. The highest BCUT2D eigenvalue weighted by atomic mass is 16.5. The fourth-order valence-electron chi connectivity index (χ4n) is 2.17. The molecule has 0 aliphatic rings. The van der Waals surface area contributed by atoms with Crippen molar-refractivity contribution in [2.75, 3.05) is 13.2 Å². The van der Waals surface area contributed by atoms with Crippen molar-refractivity contribution in [2.45, 2.75) is 27.2 Å². The van der Waals surface area contributed by atoms with E-state index in [0.717, 1.165) is 17.9 Å². The Balaban J connectivity index is 2.55. The van der Waals surface area contributed by atoms with Crippen molar-refractivity contribution in [3.05, 3.63) is 35.9 Å². The van der Waals surface area contributed by atoms with E-state index in [1.54, 1.807) is 0 Å². The first-order valence-corrected chi connectivity index (χ1v) is 6.61. The molecular weight excluding hydrogens is 224 g/mol. The van der Waals surface area contributed by atoms with Gasteiger partial charge in [0.1, 0.15) is 11.5 Å². The summed E-state index contributed by atoms with van der Waals surface area (Å²) in [6.45, 7) is 7.55. The van der Waals surface area contributed by atoms with Crippen LogP contribution in [-0.2, 0) is 6.42 Å². The molecule has 0 amide bonds. The van der Waals surface area contributed by atoms with Gasteiger partial charge in [-0.05, 0) is 49.4 Å². The summed E-state index contributed by atoms with van der Waals surface area (Å²) in [5.41, 5.74) is 1.26. The first-order valence-electron chi connectivity index (χ1n) is 6.61. The zero-order chi connectivity index (χ0) is 13.0. The van der Waals surface area contributed by atoms with Gasteiger partial charge >= 0.3 is 0 Å². The zero-order valence-corrected chi connectivity index (χ0v) is 11.3. The molecule has 96 valence electrons. The van der Waals surface area contributed by atoms with Gasteiger partial charge in [-0.1, -0.05) is 19.1 Å². The molecule has 0 saturated heterocycles. The lowest BCUT2D eigenvalue weighted by Gasteiger charge is -2.13. The maximum Gasteiger partial charge on any atom is 0.130 e. The van der Waals surface area contributed by atoms with Crippen molar-refractivity contribution in [3.8, 4) is 11.5 Å². The van der Waals surface area contributed by atoms with E-state index in [9.17, 15) is 0 Å². The second-order valence-corrected chi connectivity index (χ2v) is 4.16. The highest BCUT2D eigenvalue weighted by Gasteiger charge is 2.08. The van der Waals surface area contributed by atoms with Crippen LogP contribution in [0.3, 0.4) is 0 Å². The van der Waals surface area contributed by atoms with Crippen LogP contribution in [-0.4, -0.2) is 13.2 Å². The number of benzene rings is 2. The monoisotopic (exact) mass is 244 g/mol. The summed E-state index contributed by atoms with van der Waals surface area (Å²) in [6, 6.07) is 10.4. The van der Waals surface area contributed by atoms with Crippen LogP contribution >= 0.6 is 0 Å². The van der Waals surface area contributed by atoms with E-state index in [1.165, 1.54) is 16.3 Å². The topological polar surface area (TPSA) is 18.5 Å². The van der Waals surface area contributed by atoms with Crippen molar-refractivity contribution in [1.82, 2.24) is 0 Å². The van der Waals surface area contributed by atoms with Crippen molar-refractivity contribution in [3.63, 3.8) is 0 Å². The number of fused-ring (bicyclic) bond motifs is 1. The Kier molecular flexibility index (Phi) is 4.08. The molecule has 0 saturated carbocycles. The Morgan fingerprint density at radius 3 is 2.33 bits per heavy atom. The maximum atomic E-state index is 5.80. The first kappa shape index (κ1) is 12.7. The zero-order valence-electron chi connectivity index (χ0n) is 11.3. The van der Waals surface area contributed by atoms with Crippen LogP contribution in [0.2, 0.25) is 0 Å². The van der Waals surface area contributed by atoms with E-state index in [2.05, 4.69) is 31.2 Å². The van der Waals surface area contributed by atoms with Crippen molar-refractivity contribution in [1.29, 1.82) is 0 Å². The summed E-state index contributed by atoms with van der Waals surface area (Å²) in [4.78, 5) is 0. The predicted octanol–water partition coefficient (Wildman–Crippen LogP) is 4.20. The fourth-order valence-corrected chi connectivity index (χ4v) is 2.17. The molecule has 18 heavy (non-hydrogen) atoms. The number of rotatable bonds is 5. The molecule has 0 radical (unpaired) electrons. The number of ether oxygens (including phenoxy) is 2. The molecular formula is C16H20O2. The summed E-state index contributed by atoms with van der Waals surface area (Å²) in [5.74, 6) is 1.93. The molecule has 2 heteroatoms. The quantitative estimate of drug-likeness (QED) is 0.784. The Morgan fingerprint density at radius 1 is 0.889 bits per heavy atom. The van der Waals surface area contributed by atoms with Crippen LogP contribution in [0.4, 0.5) is 0 Å². The number of aryl methyl sites for hydroxylation is 1. The molecule has 0 unspecified atom stereocenters. The minimum absolute atomic E-state index is 0.691. The molecule has 0 aromatic heterocycles. The third kappa shape index (κ3) is 2.42. The summed E-state index contributed by atoms with van der Waals surface area (Å²) >= 11 is 0. The van der Waals surface area contributed by atoms with Gasteiger partial charge in [0.15, 0.2) is 0 Å². The van der Waals surface area contributed by atoms with E-state index >= 15 is 0 Å². The van der Waals surface area contributed by atoms with Gasteiger partial charge in [0, 0.05) is 5.39 Å². The van der Waals surface area contributed by atoms with E-state index in [-0.39, 0.29) is 0 Å². The largest absolute Gasteiger partial charge is 0.494 e. The predicted molar refractivity (Wildman–Crippen MR) is 75.7 cm³/mol. The minimum atomic E-state index is 0.691. The minimum Gasteiger partial charge on any atom is -0.494 e. The molecule has 0 atom stereocenters. The Labute approximate surface area is 109 Å². The molecule has 0 N–H and O–H groups in total. The highest BCUT2D eigenvalue weighted by Crippen LogP contribution is 2.32. The fraction of sp³-hybridized carbons (Fsp3) is 0.375. The molecule has 0 spiro atoms. The van der Waals surface area contributed by atoms with Gasteiger partial charge in [0.05, 0.1) is 13.2 Å². The lowest BCUT2D eigenvalue weighted by Crippen LogP contribution is -1.97. The van der Waals surface area contributed by atoms with Crippen LogP contribution in [0.15, 0.2) is 30.3 Å². The molecule has 0 bridgehead atoms. The Hall–Kier alpha value is -1.70. The molecule has 0 aliphatic heterocycles. The van der Waals surface area contributed by atoms with Crippen molar-refractivity contribution in [2.24, 2.45) is 0 Å². The van der Waals surface area contributed by atoms with Gasteiger partial charge in [-0.3, -0.25) is 0 Å². The second kappa shape index (κ2) is 5.76. The molecule has 0 fully saturated rings. The Bertz CT molecular complexity index is 532. The SMILES string of the molecule is CCOc1ccc2c(OCC)c(CC)ccc2c1. The molecule has 2 rings (SSSR count). The number of hydrogen-bond donors (Lipinski definition) is 0. The van der Waals surface area contributed by atoms with E-state index in [4.69, 9.17) is 9.47 Å². The van der Waals surface area contributed by atoms with E-state index < -0.39 is 0 Å². The average Bonchev–Trinajstić information content (AvgIpc) is 2.39. The summed E-state index contributed by atoms with van der Waals surface area (Å²) in [6.07, 6.45) is 0.985. The maximum absolute atomic E-state index is 5.80. The Morgan fingerprint density at radius 2 is 1.67 bits per heavy atom. The smallest absolute Gasteiger partial charge is 0.130 e. The van der Waals surface area contributed by atoms with Crippen LogP contribution < -0.4 is 9.47 Å². The normalized spacial score (nSPS) is 10.6. The molecule has 0 heterocycles. The summed E-state index contributed by atoms with van der Waals surface area (Å²) in [5, 5.41) is 2.33. The third-order valence-corrected chi connectivity index (χ3v) is 3.00.